The van der Waals surface area contributed by atoms with Crippen LogP contribution in [0.15, 0.2) is 142 Å². The van der Waals surface area contributed by atoms with Gasteiger partial charge in [-0.1, -0.05) is 267 Å². The van der Waals surface area contributed by atoms with Gasteiger partial charge in [0.25, 0.3) is 5.91 Å². The van der Waals surface area contributed by atoms with Crippen LogP contribution in [0.1, 0.15) is 255 Å². The normalized spacial score (nSPS) is 14.8. The lowest BCUT2D eigenvalue weighted by Gasteiger charge is -2.27. The Kier molecular flexibility index (Phi) is 34.3. The highest BCUT2D eigenvalue weighted by atomic mass is 35.5. The van der Waals surface area contributed by atoms with Crippen LogP contribution in [0.4, 0.5) is 11.4 Å². The topological polar surface area (TPSA) is 203 Å². The van der Waals surface area contributed by atoms with Crippen LogP contribution in [-0.4, -0.2) is 110 Å². The first kappa shape index (κ1) is 86.4. The van der Waals surface area contributed by atoms with E-state index in [2.05, 4.69) is 137 Å². The molecule has 0 radical (unpaired) electrons. The average molecular weight is 1570 g/mol. The number of unbranched alkanes of at least 4 members (excludes halogenated alkanes) is 21. The molecule has 2 aliphatic heterocycles. The van der Waals surface area contributed by atoms with Crippen LogP contribution in [0.2, 0.25) is 0 Å². The van der Waals surface area contributed by atoms with Gasteiger partial charge in [0.05, 0.1) is 42.1 Å². The van der Waals surface area contributed by atoms with E-state index in [4.69, 9.17) is 26.2 Å². The third kappa shape index (κ3) is 24.0. The lowest BCUT2D eigenvalue weighted by molar-refractivity contribution is -0.133. The first-order valence-electron chi connectivity index (χ1n) is 41.1. The summed E-state index contributed by atoms with van der Waals surface area (Å²) in [6, 6.07) is 27.2. The van der Waals surface area contributed by atoms with E-state index >= 15 is 0 Å². The summed E-state index contributed by atoms with van der Waals surface area (Å²) in [5, 5.41) is 32.3. The van der Waals surface area contributed by atoms with Gasteiger partial charge in [-0.15, -0.1) is 20.4 Å². The maximum Gasteiger partial charge on any atom is 0.273 e. The van der Waals surface area contributed by atoms with Crippen molar-refractivity contribution in [2.24, 2.45) is 0 Å². The quantitative estimate of drug-likeness (QED) is 0.0341. The third-order valence-corrected chi connectivity index (χ3v) is 23.6. The summed E-state index contributed by atoms with van der Waals surface area (Å²) >= 11 is 8.35. The van der Waals surface area contributed by atoms with E-state index in [1.165, 1.54) is 142 Å². The van der Waals surface area contributed by atoms with E-state index < -0.39 is 22.0 Å². The van der Waals surface area contributed by atoms with Gasteiger partial charge in [0, 0.05) is 62.0 Å². The molecule has 8 aromatic rings. The van der Waals surface area contributed by atoms with Crippen LogP contribution in [0.25, 0.3) is 52.3 Å². The number of aromatic nitrogens is 8. The number of methoxy groups -OCH3 is 2. The Balaban J connectivity index is 0.000000270. The molecule has 18 nitrogen and oxygen atoms in total. The molecule has 4 aromatic heterocycles. The first-order chi connectivity index (χ1) is 53.9. The van der Waals surface area contributed by atoms with E-state index in [1.807, 2.05) is 90.7 Å². The number of ether oxygens (including phenoxy) is 2. The van der Waals surface area contributed by atoms with Crippen molar-refractivity contribution in [3.8, 4) is 34.3 Å². The molecule has 2 amide bonds. The molecule has 111 heavy (non-hydrogen) atoms. The van der Waals surface area contributed by atoms with Crippen molar-refractivity contribution in [1.29, 1.82) is 0 Å². The molecule has 4 aromatic carbocycles. The third-order valence-electron chi connectivity index (χ3n) is 20.9. The number of sulfonamides is 1. The zero-order valence-electron chi connectivity index (χ0n) is 67.9. The zero-order valence-corrected chi connectivity index (χ0v) is 70.3. The van der Waals surface area contributed by atoms with Gasteiger partial charge in [-0.05, 0) is 148 Å². The second-order valence-corrected chi connectivity index (χ2v) is 33.4. The van der Waals surface area contributed by atoms with Crippen molar-refractivity contribution < 1.29 is 27.5 Å². The molecule has 0 bridgehead atoms. The van der Waals surface area contributed by atoms with Crippen molar-refractivity contribution >= 4 is 86.1 Å². The monoisotopic (exact) mass is 1560 g/mol. The second-order valence-electron chi connectivity index (χ2n) is 30.0. The average Bonchev–Trinajstić information content (AvgIpc) is 1.61. The van der Waals surface area contributed by atoms with Gasteiger partial charge in [0.1, 0.15) is 17.5 Å². The molecule has 10 rings (SSSR count). The zero-order chi connectivity index (χ0) is 79.1. The largest absolute Gasteiger partial charge is 0.497 e. The summed E-state index contributed by atoms with van der Waals surface area (Å²) < 4.78 is 43.3. The Labute approximate surface area is 670 Å². The van der Waals surface area contributed by atoms with Crippen molar-refractivity contribution in [2.45, 2.75) is 252 Å². The molecule has 1 atom stereocenters. The second kappa shape index (κ2) is 44.0. The standard InChI is InChI=1S/C54H79N7O4.C36H42ClN5O2S2/c1-10-14-18-20-22-26-35-59(36-27-23-21-19-15-11-2)53(63)40(5)55-52(62)49-43(50-56-57-51(61(50)58-49)44-39-42(64-8)32-34-47(44)65-9)29-24-25-30-48-54(6,7)45-38-41(28-16-12-3)31-33-46(45)60(48)37-17-13-4;1-3-4-5-6-7-8-9-10-11-16-25-46(43,44)41-33-19-14-13-18-31(33)35-38-39-36-32(27(2)40-42(35)36)26-29(37)22-24-30-23-21-28-17-12-15-20-34(28)45-30/h24-25,29-34,38-40H,10-23,26-28,35-37H2,1-9H3,(H,55,62);12-15,17-24,26,41H,3-11,16,25H2,1-2H3/b25-24+,43-29-,48-30+;29-22-,30-24?,32-26-. The number of amides is 2. The lowest BCUT2D eigenvalue weighted by atomic mass is 9.82. The smallest absolute Gasteiger partial charge is 0.273 e. The molecule has 0 aliphatic carbocycles. The minimum Gasteiger partial charge on any atom is -0.497 e. The van der Waals surface area contributed by atoms with Gasteiger partial charge in [0.2, 0.25) is 15.9 Å². The lowest BCUT2D eigenvalue weighted by Crippen LogP contribution is -2.48. The van der Waals surface area contributed by atoms with Gasteiger partial charge in [-0.3, -0.25) is 14.3 Å². The van der Waals surface area contributed by atoms with Gasteiger partial charge in [-0.25, -0.2) is 8.42 Å². The Morgan fingerprint density at radius 2 is 1.23 bits per heavy atom. The summed E-state index contributed by atoms with van der Waals surface area (Å²) in [7, 11) is -0.331. The van der Waals surface area contributed by atoms with Crippen LogP contribution in [0.3, 0.4) is 0 Å². The van der Waals surface area contributed by atoms with Gasteiger partial charge in [-0.2, -0.15) is 19.2 Å². The van der Waals surface area contributed by atoms with Crippen molar-refractivity contribution in [2.75, 3.05) is 49.2 Å². The SMILES string of the molecule is CCCCCCCCCCCCS(=O)(=O)Nc1ccccc1-c1nnc2/c(=C\C(Cl)=C\C=C3C=Cc4ccccc4S3)c(C)nn12.CCCCCCCCN(CCCCCCCC)C(=O)C(C)NC(=O)c1nn2c(-c3cc(OC)ccc3OC)nnc2\c1=C/C=C/C=C1/N(CCCC)c2ccc(CCCC)cc2C1(C)C. The van der Waals surface area contributed by atoms with E-state index in [9.17, 15) is 18.0 Å². The number of anilines is 2. The summed E-state index contributed by atoms with van der Waals surface area (Å²) in [5.74, 6) is 1.61. The number of allylic oxidation sites excluding steroid dienone is 8. The van der Waals surface area contributed by atoms with Crippen LogP contribution in [0.5, 0.6) is 11.5 Å². The Hall–Kier alpha value is -8.59. The number of fused-ring (bicyclic) bond motifs is 4. The molecular weight excluding hydrogens is 1440 g/mol. The molecule has 6 heterocycles. The number of carbonyl (C=O) groups is 2. The summed E-state index contributed by atoms with van der Waals surface area (Å²) in [5.41, 5.74) is 9.81. The minimum atomic E-state index is -3.53. The van der Waals surface area contributed by atoms with E-state index in [-0.39, 0.29) is 22.8 Å². The maximum atomic E-state index is 14.4. The molecule has 596 valence electrons. The number of halogens is 1. The van der Waals surface area contributed by atoms with Crippen molar-refractivity contribution in [3.63, 3.8) is 0 Å². The van der Waals surface area contributed by atoms with Crippen molar-refractivity contribution in [1.82, 2.24) is 49.8 Å². The number of rotatable bonds is 44. The number of nitrogens with zero attached hydrogens (tertiary/aromatic N) is 10. The van der Waals surface area contributed by atoms with Crippen LogP contribution in [-0.2, 0) is 26.7 Å². The van der Waals surface area contributed by atoms with Gasteiger partial charge >= 0.3 is 0 Å². The fourth-order valence-electron chi connectivity index (χ4n) is 14.5. The fourth-order valence-corrected chi connectivity index (χ4v) is 16.8. The predicted molar refractivity (Wildman–Crippen MR) is 460 cm³/mol. The summed E-state index contributed by atoms with van der Waals surface area (Å²) in [6.45, 7) is 21.8. The summed E-state index contributed by atoms with van der Waals surface area (Å²) in [4.78, 5) is 35.3. The molecule has 0 fully saturated rings. The molecule has 0 spiro atoms. The number of benzene rings is 4. The van der Waals surface area contributed by atoms with Crippen LogP contribution in [0, 0.1) is 6.92 Å². The van der Waals surface area contributed by atoms with Crippen LogP contribution >= 0.6 is 23.4 Å². The Morgan fingerprint density at radius 3 is 1.88 bits per heavy atom. The number of hydrogen-bond donors (Lipinski definition) is 2. The first-order valence-corrected chi connectivity index (χ1v) is 44.0. The molecule has 0 saturated carbocycles. The van der Waals surface area contributed by atoms with Gasteiger partial charge in [0.15, 0.2) is 28.6 Å². The highest BCUT2D eigenvalue weighted by Crippen LogP contribution is 2.48. The summed E-state index contributed by atoms with van der Waals surface area (Å²) in [6.07, 6.45) is 48.9. The van der Waals surface area contributed by atoms with Crippen molar-refractivity contribution in [3.05, 3.63) is 176 Å². The highest BCUT2D eigenvalue weighted by molar-refractivity contribution is 8.03. The van der Waals surface area contributed by atoms with E-state index in [0.717, 1.165) is 80.1 Å². The number of hydrogen-bond acceptors (Lipinski definition) is 14. The minimum absolute atomic E-state index is 0.0670. The predicted octanol–water partition coefficient (Wildman–Crippen LogP) is 20.4. The number of aryl methyl sites for hydroxylation is 2. The molecule has 2 aliphatic rings. The van der Waals surface area contributed by atoms with E-state index in [0.29, 0.717) is 81.0 Å². The van der Waals surface area contributed by atoms with E-state index in [1.54, 1.807) is 54.1 Å². The maximum absolute atomic E-state index is 14.4. The number of nitrogens with one attached hydrogen (secondary N) is 2. The Bertz CT molecular complexity index is 4730. The van der Waals surface area contributed by atoms with Gasteiger partial charge < -0.3 is 24.6 Å². The molecule has 21 heteroatoms. The highest BCUT2D eigenvalue weighted by Gasteiger charge is 2.40. The fraction of sp³-hybridized carbons (Fsp3) is 0.489. The number of carbonyl (C=O) groups excluding carboxylic acids is 2. The number of thioether (sulfide) groups is 1. The Morgan fingerprint density at radius 1 is 0.631 bits per heavy atom. The number of para-hydroxylation sites is 1. The molecule has 1 unspecified atom stereocenters. The molecule has 0 saturated heterocycles. The molecular formula is C90H121ClN12O6S2. The van der Waals surface area contributed by atoms with Crippen LogP contribution < -0.4 is 34.8 Å². The molecule has 2 N–H and O–H groups in total.